The molecule has 0 fully saturated rings. The van der Waals surface area contributed by atoms with Crippen LogP contribution in [0.15, 0.2) is 46.4 Å². The number of nitriles is 1. The van der Waals surface area contributed by atoms with E-state index in [1.54, 1.807) is 31.2 Å². The first-order chi connectivity index (χ1) is 16.4. The number of rotatable bonds is 6. The third-order valence-electron chi connectivity index (χ3n) is 5.63. The first-order valence-corrected chi connectivity index (χ1v) is 11.8. The molecule has 1 amide bonds. The van der Waals surface area contributed by atoms with Gasteiger partial charge in [-0.1, -0.05) is 6.92 Å². The number of thiophene rings is 1. The number of carbonyl (C=O) groups excluding carboxylic acids is 2. The number of anilines is 1. The standard InChI is InChI=1S/C26H23FN2O4S/c1-3-32-26(31)23-20-10-4-15(2)12-22(20)34-25(23)29-24(30)17(14-28)13-19-9-11-21(33-19)16-5-7-18(27)8-6-16/h5-9,11,13,15H,3-4,10,12H2,1-2H3,(H,29,30)/b17-13+/t15-/m0/s1. The van der Waals surface area contributed by atoms with Crippen molar-refractivity contribution in [3.8, 4) is 17.4 Å². The Hall–Kier alpha value is -3.70. The molecule has 3 aromatic rings. The Morgan fingerprint density at radius 2 is 2.06 bits per heavy atom. The number of nitrogens with one attached hydrogen (secondary N) is 1. The third kappa shape index (κ3) is 4.95. The fourth-order valence-electron chi connectivity index (χ4n) is 3.92. The second-order valence-electron chi connectivity index (χ2n) is 8.11. The molecule has 2 aromatic heterocycles. The van der Waals surface area contributed by atoms with Crippen LogP contribution in [0.3, 0.4) is 0 Å². The van der Waals surface area contributed by atoms with Crippen molar-refractivity contribution in [1.29, 1.82) is 5.26 Å². The summed E-state index contributed by atoms with van der Waals surface area (Å²) in [5.74, 6) is -0.189. The number of ether oxygens (including phenoxy) is 1. The number of carbonyl (C=O) groups is 2. The molecule has 6 nitrogen and oxygen atoms in total. The van der Waals surface area contributed by atoms with E-state index in [-0.39, 0.29) is 18.0 Å². The summed E-state index contributed by atoms with van der Waals surface area (Å²) in [6, 6.07) is 11.0. The summed E-state index contributed by atoms with van der Waals surface area (Å²) in [6.45, 7) is 4.12. The van der Waals surface area contributed by atoms with Crippen molar-refractivity contribution in [2.75, 3.05) is 11.9 Å². The van der Waals surface area contributed by atoms with Crippen molar-refractivity contribution in [2.24, 2.45) is 5.92 Å². The van der Waals surface area contributed by atoms with Crippen LogP contribution in [0.1, 0.15) is 46.8 Å². The maximum absolute atomic E-state index is 13.2. The molecule has 1 aliphatic rings. The lowest BCUT2D eigenvalue weighted by molar-refractivity contribution is -0.112. The van der Waals surface area contributed by atoms with E-state index in [4.69, 9.17) is 9.15 Å². The minimum absolute atomic E-state index is 0.172. The minimum Gasteiger partial charge on any atom is -0.462 e. The Bertz CT molecular complexity index is 1300. The molecule has 0 saturated heterocycles. The second-order valence-corrected chi connectivity index (χ2v) is 9.21. The van der Waals surface area contributed by atoms with Gasteiger partial charge in [0.05, 0.1) is 12.2 Å². The molecule has 0 radical (unpaired) electrons. The number of amides is 1. The van der Waals surface area contributed by atoms with E-state index in [2.05, 4.69) is 12.2 Å². The normalized spacial score (nSPS) is 15.4. The van der Waals surface area contributed by atoms with Gasteiger partial charge in [0.15, 0.2) is 0 Å². The van der Waals surface area contributed by atoms with E-state index in [0.29, 0.717) is 33.6 Å². The van der Waals surface area contributed by atoms with Gasteiger partial charge in [0.1, 0.15) is 34.0 Å². The van der Waals surface area contributed by atoms with Crippen molar-refractivity contribution < 1.29 is 23.1 Å². The number of hydrogen-bond acceptors (Lipinski definition) is 6. The molecule has 2 heterocycles. The molecule has 1 aromatic carbocycles. The van der Waals surface area contributed by atoms with E-state index in [9.17, 15) is 19.2 Å². The Morgan fingerprint density at radius 1 is 1.29 bits per heavy atom. The fraction of sp³-hybridized carbons (Fsp3) is 0.269. The lowest BCUT2D eigenvalue weighted by atomic mass is 9.88. The molecular formula is C26H23FN2O4S. The average molecular weight is 479 g/mol. The van der Waals surface area contributed by atoms with Crippen LogP contribution in [0.2, 0.25) is 0 Å². The number of esters is 1. The third-order valence-corrected chi connectivity index (χ3v) is 6.80. The summed E-state index contributed by atoms with van der Waals surface area (Å²) in [7, 11) is 0. The predicted octanol–water partition coefficient (Wildman–Crippen LogP) is 5.99. The van der Waals surface area contributed by atoms with Gasteiger partial charge in [-0.2, -0.15) is 5.26 Å². The molecule has 1 N–H and O–H groups in total. The highest BCUT2D eigenvalue weighted by Gasteiger charge is 2.29. The zero-order valence-electron chi connectivity index (χ0n) is 18.8. The van der Waals surface area contributed by atoms with Gasteiger partial charge in [0, 0.05) is 16.5 Å². The molecule has 174 valence electrons. The molecule has 34 heavy (non-hydrogen) atoms. The largest absolute Gasteiger partial charge is 0.462 e. The maximum atomic E-state index is 13.2. The molecule has 0 unspecified atom stereocenters. The average Bonchev–Trinajstić information content (AvgIpc) is 3.42. The zero-order chi connectivity index (χ0) is 24.2. The van der Waals surface area contributed by atoms with Gasteiger partial charge in [-0.25, -0.2) is 9.18 Å². The highest BCUT2D eigenvalue weighted by Crippen LogP contribution is 2.40. The van der Waals surface area contributed by atoms with Crippen LogP contribution in [0.5, 0.6) is 0 Å². The predicted molar refractivity (Wildman–Crippen MR) is 128 cm³/mol. The van der Waals surface area contributed by atoms with Crippen molar-refractivity contribution >= 4 is 34.3 Å². The quantitative estimate of drug-likeness (QED) is 0.267. The summed E-state index contributed by atoms with van der Waals surface area (Å²) >= 11 is 1.36. The van der Waals surface area contributed by atoms with Crippen molar-refractivity contribution in [3.05, 3.63) is 69.6 Å². The van der Waals surface area contributed by atoms with Crippen LogP contribution < -0.4 is 5.32 Å². The fourth-order valence-corrected chi connectivity index (χ4v) is 5.31. The molecule has 1 atom stereocenters. The molecule has 1 aliphatic carbocycles. The van der Waals surface area contributed by atoms with Gasteiger partial charge >= 0.3 is 5.97 Å². The van der Waals surface area contributed by atoms with E-state index in [1.807, 2.05) is 6.07 Å². The number of fused-ring (bicyclic) bond motifs is 1. The maximum Gasteiger partial charge on any atom is 0.341 e. The summed E-state index contributed by atoms with van der Waals surface area (Å²) in [5, 5.41) is 12.7. The van der Waals surface area contributed by atoms with Crippen LogP contribution >= 0.6 is 11.3 Å². The lowest BCUT2D eigenvalue weighted by Gasteiger charge is -2.18. The number of furan rings is 1. The zero-order valence-corrected chi connectivity index (χ0v) is 19.6. The smallest absolute Gasteiger partial charge is 0.341 e. The van der Waals surface area contributed by atoms with E-state index < -0.39 is 11.9 Å². The summed E-state index contributed by atoms with van der Waals surface area (Å²) in [4.78, 5) is 26.7. The first kappa shape index (κ1) is 23.5. The molecular weight excluding hydrogens is 455 g/mol. The molecule has 0 aliphatic heterocycles. The van der Waals surface area contributed by atoms with Crippen LogP contribution in [-0.4, -0.2) is 18.5 Å². The highest BCUT2D eigenvalue weighted by molar-refractivity contribution is 7.17. The van der Waals surface area contributed by atoms with Crippen molar-refractivity contribution in [1.82, 2.24) is 0 Å². The van der Waals surface area contributed by atoms with Crippen LogP contribution in [-0.2, 0) is 22.4 Å². The van der Waals surface area contributed by atoms with Crippen LogP contribution in [0.25, 0.3) is 17.4 Å². The first-order valence-electron chi connectivity index (χ1n) is 11.0. The Morgan fingerprint density at radius 3 is 2.76 bits per heavy atom. The highest BCUT2D eigenvalue weighted by atomic mass is 32.1. The van der Waals surface area contributed by atoms with Gasteiger partial charge in [-0.05, 0) is 74.1 Å². The summed E-state index contributed by atoms with van der Waals surface area (Å²) in [6.07, 6.45) is 3.88. The Labute approximate surface area is 200 Å². The second kappa shape index (κ2) is 10.1. The van der Waals surface area contributed by atoms with E-state index in [0.717, 1.165) is 29.7 Å². The number of benzene rings is 1. The van der Waals surface area contributed by atoms with Gasteiger partial charge in [0.25, 0.3) is 5.91 Å². The summed E-state index contributed by atoms with van der Waals surface area (Å²) < 4.78 is 24.1. The van der Waals surface area contributed by atoms with Crippen molar-refractivity contribution in [2.45, 2.75) is 33.1 Å². The van der Waals surface area contributed by atoms with Gasteiger partial charge in [-0.3, -0.25) is 4.79 Å². The minimum atomic E-state index is -0.639. The lowest BCUT2D eigenvalue weighted by Crippen LogP contribution is -2.17. The van der Waals surface area contributed by atoms with E-state index >= 15 is 0 Å². The van der Waals surface area contributed by atoms with E-state index in [1.165, 1.54) is 29.5 Å². The number of nitrogens with zero attached hydrogens (tertiary/aromatic N) is 1. The van der Waals surface area contributed by atoms with Crippen LogP contribution in [0.4, 0.5) is 9.39 Å². The van der Waals surface area contributed by atoms with Gasteiger partial charge in [0.2, 0.25) is 0 Å². The molecule has 0 saturated carbocycles. The van der Waals surface area contributed by atoms with Crippen LogP contribution in [0, 0.1) is 23.1 Å². The summed E-state index contributed by atoms with van der Waals surface area (Å²) in [5.41, 5.74) is 1.81. The number of hydrogen-bond donors (Lipinski definition) is 1. The Balaban J connectivity index is 1.59. The molecule has 0 bridgehead atoms. The van der Waals surface area contributed by atoms with Gasteiger partial charge in [-0.15, -0.1) is 11.3 Å². The van der Waals surface area contributed by atoms with Crippen molar-refractivity contribution in [3.63, 3.8) is 0 Å². The molecule has 4 rings (SSSR count). The monoisotopic (exact) mass is 478 g/mol. The SMILES string of the molecule is CCOC(=O)c1c(NC(=O)/C(C#N)=C/c2ccc(-c3ccc(F)cc3)o2)sc2c1CC[C@H](C)C2. The molecule has 0 spiro atoms. The topological polar surface area (TPSA) is 92.3 Å². The molecule has 8 heteroatoms. The Kier molecular flexibility index (Phi) is 6.94. The van der Waals surface area contributed by atoms with Gasteiger partial charge < -0.3 is 14.5 Å². The number of halogens is 1.